The van der Waals surface area contributed by atoms with Crippen LogP contribution in [0.5, 0.6) is 0 Å². The van der Waals surface area contributed by atoms with Gasteiger partial charge >= 0.3 is 0 Å². The first-order valence-corrected chi connectivity index (χ1v) is 5.90. The molecule has 0 aliphatic rings. The predicted molar refractivity (Wildman–Crippen MR) is 60.9 cm³/mol. The van der Waals surface area contributed by atoms with E-state index in [1.54, 1.807) is 0 Å². The third-order valence-corrected chi connectivity index (χ3v) is 3.61. The van der Waals surface area contributed by atoms with Crippen LogP contribution in [0.15, 0.2) is 6.07 Å². The Morgan fingerprint density at radius 2 is 2.23 bits per heavy atom. The minimum Gasteiger partial charge on any atom is -0.328 e. The molecule has 4 heteroatoms. The van der Waals surface area contributed by atoms with Crippen LogP contribution in [-0.4, -0.2) is 6.04 Å². The van der Waals surface area contributed by atoms with E-state index in [2.05, 4.69) is 6.92 Å². The van der Waals surface area contributed by atoms with Crippen LogP contribution in [-0.2, 0) is 6.42 Å². The topological polar surface area (TPSA) is 26.0 Å². The number of rotatable bonds is 4. The lowest BCUT2D eigenvalue weighted by Gasteiger charge is -2.06. The summed E-state index contributed by atoms with van der Waals surface area (Å²) in [6.07, 6.45) is 2.91. The number of nitrogens with two attached hydrogens (primary N) is 1. The highest BCUT2D eigenvalue weighted by molar-refractivity contribution is 7.20. The molecule has 1 aromatic rings. The summed E-state index contributed by atoms with van der Waals surface area (Å²) in [5.41, 5.74) is 6.93. The highest BCUT2D eigenvalue weighted by atomic mass is 35.5. The number of thiophene rings is 1. The summed E-state index contributed by atoms with van der Waals surface area (Å²) in [6.45, 7) is 2.09. The van der Waals surface area contributed by atoms with E-state index in [1.165, 1.54) is 11.3 Å². The Hall–Kier alpha value is 0.240. The minimum absolute atomic E-state index is 0.273. The van der Waals surface area contributed by atoms with Crippen LogP contribution in [0.3, 0.4) is 0 Å². The molecule has 1 heterocycles. The minimum atomic E-state index is 0.273. The third kappa shape index (κ3) is 3.47. The lowest BCUT2D eigenvalue weighted by Crippen LogP contribution is -2.18. The molecule has 1 atom stereocenters. The second-order valence-electron chi connectivity index (χ2n) is 3.06. The molecule has 0 saturated carbocycles. The molecule has 13 heavy (non-hydrogen) atoms. The lowest BCUT2D eigenvalue weighted by atomic mass is 10.1. The van der Waals surface area contributed by atoms with Gasteiger partial charge in [0, 0.05) is 6.04 Å². The SMILES string of the molecule is CCC(N)CCc1cc(Cl)sc1Cl. The van der Waals surface area contributed by atoms with Crippen molar-refractivity contribution in [2.45, 2.75) is 32.2 Å². The van der Waals surface area contributed by atoms with Crippen LogP contribution >= 0.6 is 34.5 Å². The Labute approximate surface area is 92.8 Å². The Morgan fingerprint density at radius 1 is 1.54 bits per heavy atom. The van der Waals surface area contributed by atoms with Crippen LogP contribution < -0.4 is 5.73 Å². The number of hydrogen-bond acceptors (Lipinski definition) is 2. The largest absolute Gasteiger partial charge is 0.328 e. The average Bonchev–Trinajstić information content (AvgIpc) is 2.41. The van der Waals surface area contributed by atoms with Crippen LogP contribution in [0.2, 0.25) is 8.67 Å². The molecule has 0 aromatic carbocycles. The quantitative estimate of drug-likeness (QED) is 0.849. The van der Waals surface area contributed by atoms with Gasteiger partial charge in [-0.2, -0.15) is 0 Å². The first kappa shape index (κ1) is 11.3. The smallest absolute Gasteiger partial charge is 0.0976 e. The lowest BCUT2D eigenvalue weighted by molar-refractivity contribution is 0.596. The summed E-state index contributed by atoms with van der Waals surface area (Å²) >= 11 is 13.2. The summed E-state index contributed by atoms with van der Waals surface area (Å²) in [6, 6.07) is 2.20. The zero-order chi connectivity index (χ0) is 9.84. The van der Waals surface area contributed by atoms with Gasteiger partial charge in [0.05, 0.1) is 8.67 Å². The van der Waals surface area contributed by atoms with Crippen molar-refractivity contribution in [1.29, 1.82) is 0 Å². The van der Waals surface area contributed by atoms with Crippen molar-refractivity contribution in [3.8, 4) is 0 Å². The van der Waals surface area contributed by atoms with Gasteiger partial charge in [0.1, 0.15) is 0 Å². The van der Waals surface area contributed by atoms with Gasteiger partial charge in [-0.1, -0.05) is 30.1 Å². The second-order valence-corrected chi connectivity index (χ2v) is 5.34. The Bertz CT molecular complexity index is 273. The van der Waals surface area contributed by atoms with Crippen molar-refractivity contribution in [1.82, 2.24) is 0 Å². The molecule has 0 aliphatic carbocycles. The predicted octanol–water partition coefficient (Wildman–Crippen LogP) is 3.72. The van der Waals surface area contributed by atoms with E-state index in [-0.39, 0.29) is 6.04 Å². The van der Waals surface area contributed by atoms with Gasteiger partial charge in [-0.05, 0) is 30.9 Å². The Kier molecular flexibility index (Phi) is 4.53. The molecule has 0 amide bonds. The van der Waals surface area contributed by atoms with E-state index < -0.39 is 0 Å². The number of halogens is 2. The molecular formula is C9H13Cl2NS. The maximum Gasteiger partial charge on any atom is 0.0976 e. The molecule has 1 aromatic heterocycles. The molecule has 0 spiro atoms. The van der Waals surface area contributed by atoms with Gasteiger partial charge < -0.3 is 5.73 Å². The molecule has 1 unspecified atom stereocenters. The van der Waals surface area contributed by atoms with E-state index >= 15 is 0 Å². The van der Waals surface area contributed by atoms with Crippen LogP contribution in [0.1, 0.15) is 25.3 Å². The average molecular weight is 238 g/mol. The van der Waals surface area contributed by atoms with Gasteiger partial charge in [-0.25, -0.2) is 0 Å². The second kappa shape index (κ2) is 5.20. The van der Waals surface area contributed by atoms with Crippen molar-refractivity contribution in [2.75, 3.05) is 0 Å². The third-order valence-electron chi connectivity index (χ3n) is 2.04. The first-order valence-electron chi connectivity index (χ1n) is 4.32. The van der Waals surface area contributed by atoms with E-state index in [1.807, 2.05) is 6.07 Å². The molecular weight excluding hydrogens is 225 g/mol. The highest BCUT2D eigenvalue weighted by Crippen LogP contribution is 2.31. The van der Waals surface area contributed by atoms with Gasteiger partial charge in [0.25, 0.3) is 0 Å². The van der Waals surface area contributed by atoms with E-state index in [0.29, 0.717) is 0 Å². The van der Waals surface area contributed by atoms with Crippen molar-refractivity contribution in [2.24, 2.45) is 5.73 Å². The maximum atomic E-state index is 5.96. The summed E-state index contributed by atoms with van der Waals surface area (Å²) in [4.78, 5) is 0. The number of aryl methyl sites for hydroxylation is 1. The summed E-state index contributed by atoms with van der Waals surface area (Å²) in [5.74, 6) is 0. The molecule has 0 bridgehead atoms. The van der Waals surface area contributed by atoms with E-state index in [4.69, 9.17) is 28.9 Å². The molecule has 0 fully saturated rings. The van der Waals surface area contributed by atoms with Crippen LogP contribution in [0, 0.1) is 0 Å². The molecule has 2 N–H and O–H groups in total. The van der Waals surface area contributed by atoms with Gasteiger partial charge in [0.2, 0.25) is 0 Å². The maximum absolute atomic E-state index is 5.96. The Balaban J connectivity index is 2.49. The molecule has 0 saturated heterocycles. The molecule has 1 rings (SSSR count). The normalized spacial score (nSPS) is 13.2. The Morgan fingerprint density at radius 3 is 2.69 bits per heavy atom. The molecule has 74 valence electrons. The van der Waals surface area contributed by atoms with Gasteiger partial charge in [0.15, 0.2) is 0 Å². The number of hydrogen-bond donors (Lipinski definition) is 1. The monoisotopic (exact) mass is 237 g/mol. The van der Waals surface area contributed by atoms with Crippen molar-refractivity contribution in [3.05, 3.63) is 20.3 Å². The zero-order valence-corrected chi connectivity index (χ0v) is 9.85. The molecule has 0 radical (unpaired) electrons. The zero-order valence-electron chi connectivity index (χ0n) is 7.52. The van der Waals surface area contributed by atoms with E-state index in [0.717, 1.165) is 33.5 Å². The summed E-state index contributed by atoms with van der Waals surface area (Å²) in [5, 5.41) is 0. The fraction of sp³-hybridized carbons (Fsp3) is 0.556. The van der Waals surface area contributed by atoms with E-state index in [9.17, 15) is 0 Å². The van der Waals surface area contributed by atoms with Crippen molar-refractivity contribution in [3.63, 3.8) is 0 Å². The van der Waals surface area contributed by atoms with Crippen LogP contribution in [0.25, 0.3) is 0 Å². The summed E-state index contributed by atoms with van der Waals surface area (Å²) in [7, 11) is 0. The van der Waals surface area contributed by atoms with Crippen molar-refractivity contribution < 1.29 is 0 Å². The highest BCUT2D eigenvalue weighted by Gasteiger charge is 2.07. The van der Waals surface area contributed by atoms with Crippen molar-refractivity contribution >= 4 is 34.5 Å². The standard InChI is InChI=1S/C9H13Cl2NS/c1-2-7(12)4-3-6-5-8(10)13-9(6)11/h5,7H,2-4,12H2,1H3. The van der Waals surface area contributed by atoms with Gasteiger partial charge in [-0.15, -0.1) is 11.3 Å². The first-order chi connectivity index (χ1) is 6.13. The summed E-state index contributed by atoms with van der Waals surface area (Å²) < 4.78 is 1.55. The van der Waals surface area contributed by atoms with Crippen LogP contribution in [0.4, 0.5) is 0 Å². The fourth-order valence-electron chi connectivity index (χ4n) is 1.09. The molecule has 0 aliphatic heterocycles. The molecule has 1 nitrogen and oxygen atoms in total. The van der Waals surface area contributed by atoms with Gasteiger partial charge in [-0.3, -0.25) is 0 Å². The fourth-order valence-corrected chi connectivity index (χ4v) is 2.63.